The lowest BCUT2D eigenvalue weighted by atomic mass is 9.81. The first-order chi connectivity index (χ1) is 10.9. The Bertz CT molecular complexity index is 546. The van der Waals surface area contributed by atoms with Gasteiger partial charge in [-0.2, -0.15) is 0 Å². The number of carbonyl (C=O) groups is 1. The van der Waals surface area contributed by atoms with E-state index in [1.165, 1.54) is 11.1 Å². The highest BCUT2D eigenvalue weighted by Gasteiger charge is 2.25. The molecule has 0 aliphatic carbocycles. The number of ether oxygens (including phenoxy) is 1. The summed E-state index contributed by atoms with van der Waals surface area (Å²) in [5.41, 5.74) is 2.67. The van der Waals surface area contributed by atoms with Gasteiger partial charge < -0.3 is 9.84 Å². The Morgan fingerprint density at radius 3 is 2.52 bits per heavy atom. The molecule has 1 N–H and O–H groups in total. The van der Waals surface area contributed by atoms with E-state index in [-0.39, 0.29) is 11.3 Å². The van der Waals surface area contributed by atoms with Crippen LogP contribution in [0.2, 0.25) is 0 Å². The molecule has 4 nitrogen and oxygen atoms in total. The van der Waals surface area contributed by atoms with Crippen molar-refractivity contribution in [3.8, 4) is 5.75 Å². The summed E-state index contributed by atoms with van der Waals surface area (Å²) in [6.45, 7) is 9.22. The Labute approximate surface area is 139 Å². The quantitative estimate of drug-likeness (QED) is 0.869. The van der Waals surface area contributed by atoms with E-state index in [2.05, 4.69) is 43.9 Å². The number of carboxylic acids is 1. The lowest BCUT2D eigenvalue weighted by molar-refractivity contribution is -0.143. The van der Waals surface area contributed by atoms with E-state index in [0.29, 0.717) is 0 Å². The van der Waals surface area contributed by atoms with Crippen LogP contribution in [0.15, 0.2) is 18.2 Å². The molecule has 0 saturated carbocycles. The van der Waals surface area contributed by atoms with E-state index in [9.17, 15) is 4.79 Å². The van der Waals surface area contributed by atoms with Crippen molar-refractivity contribution < 1.29 is 14.6 Å². The van der Waals surface area contributed by atoms with Crippen molar-refractivity contribution in [1.29, 1.82) is 0 Å². The molecule has 1 fully saturated rings. The van der Waals surface area contributed by atoms with Crippen LogP contribution in [0, 0.1) is 5.92 Å². The van der Waals surface area contributed by atoms with Gasteiger partial charge in [0.25, 0.3) is 0 Å². The second-order valence-corrected chi connectivity index (χ2v) is 7.15. The van der Waals surface area contributed by atoms with Gasteiger partial charge in [0.2, 0.25) is 0 Å². The SMILES string of the molecule is CCC(C)(C)c1ccc(OC)c(CN2CCC(C(=O)O)CC2)c1. The lowest BCUT2D eigenvalue weighted by Gasteiger charge is -2.31. The average Bonchev–Trinajstić information content (AvgIpc) is 2.55. The van der Waals surface area contributed by atoms with E-state index >= 15 is 0 Å². The van der Waals surface area contributed by atoms with Gasteiger partial charge >= 0.3 is 5.97 Å². The largest absolute Gasteiger partial charge is 0.496 e. The molecule has 0 aromatic heterocycles. The summed E-state index contributed by atoms with van der Waals surface area (Å²) in [5.74, 6) is 0.0773. The Morgan fingerprint density at radius 1 is 1.35 bits per heavy atom. The third-order valence-corrected chi connectivity index (χ3v) is 5.28. The molecule has 1 aliphatic heterocycles. The first-order valence-electron chi connectivity index (χ1n) is 8.50. The summed E-state index contributed by atoms with van der Waals surface area (Å²) in [6, 6.07) is 6.47. The molecule has 0 bridgehead atoms. The second-order valence-electron chi connectivity index (χ2n) is 7.15. The summed E-state index contributed by atoms with van der Waals surface area (Å²) in [4.78, 5) is 13.4. The molecular weight excluding hydrogens is 290 g/mol. The minimum atomic E-state index is -0.658. The smallest absolute Gasteiger partial charge is 0.306 e. The predicted octanol–water partition coefficient (Wildman–Crippen LogP) is 3.68. The van der Waals surface area contributed by atoms with Gasteiger partial charge in [-0.3, -0.25) is 9.69 Å². The zero-order valence-electron chi connectivity index (χ0n) is 14.8. The zero-order chi connectivity index (χ0) is 17.0. The Balaban J connectivity index is 2.12. The number of nitrogens with zero attached hydrogens (tertiary/aromatic N) is 1. The van der Waals surface area contributed by atoms with E-state index in [4.69, 9.17) is 9.84 Å². The van der Waals surface area contributed by atoms with Crippen molar-refractivity contribution in [2.45, 2.75) is 52.0 Å². The molecule has 1 aromatic carbocycles. The molecule has 0 atom stereocenters. The molecular formula is C19H29NO3. The summed E-state index contributed by atoms with van der Waals surface area (Å²) in [7, 11) is 1.71. The second kappa shape index (κ2) is 7.35. The normalized spacial score (nSPS) is 17.2. The number of likely N-dealkylation sites (tertiary alicyclic amines) is 1. The van der Waals surface area contributed by atoms with E-state index in [1.807, 2.05) is 0 Å². The fourth-order valence-corrected chi connectivity index (χ4v) is 3.11. The molecule has 4 heteroatoms. The van der Waals surface area contributed by atoms with Crippen LogP contribution in [0.1, 0.15) is 51.2 Å². The van der Waals surface area contributed by atoms with Crippen LogP contribution in [-0.4, -0.2) is 36.2 Å². The fourth-order valence-electron chi connectivity index (χ4n) is 3.11. The molecule has 1 aromatic rings. The Morgan fingerprint density at radius 2 is 2.00 bits per heavy atom. The van der Waals surface area contributed by atoms with E-state index in [1.54, 1.807) is 7.11 Å². The number of aliphatic carboxylic acids is 1. The Kier molecular flexibility index (Phi) is 5.69. The highest BCUT2D eigenvalue weighted by atomic mass is 16.5. The van der Waals surface area contributed by atoms with Crippen molar-refractivity contribution >= 4 is 5.97 Å². The van der Waals surface area contributed by atoms with Gasteiger partial charge in [0, 0.05) is 12.1 Å². The number of methoxy groups -OCH3 is 1. The van der Waals surface area contributed by atoms with E-state index in [0.717, 1.165) is 44.6 Å². The van der Waals surface area contributed by atoms with Crippen LogP contribution in [0.5, 0.6) is 5.75 Å². The molecule has 128 valence electrons. The van der Waals surface area contributed by atoms with Crippen molar-refractivity contribution in [2.75, 3.05) is 20.2 Å². The molecule has 0 spiro atoms. The van der Waals surface area contributed by atoms with Gasteiger partial charge in [-0.05, 0) is 49.4 Å². The van der Waals surface area contributed by atoms with Gasteiger partial charge in [0.15, 0.2) is 0 Å². The summed E-state index contributed by atoms with van der Waals surface area (Å²) < 4.78 is 5.53. The van der Waals surface area contributed by atoms with Gasteiger partial charge in [0.05, 0.1) is 13.0 Å². The lowest BCUT2D eigenvalue weighted by Crippen LogP contribution is -2.36. The number of rotatable bonds is 6. The van der Waals surface area contributed by atoms with Crippen LogP contribution >= 0.6 is 0 Å². The maximum atomic E-state index is 11.1. The maximum Gasteiger partial charge on any atom is 0.306 e. The minimum Gasteiger partial charge on any atom is -0.496 e. The molecule has 23 heavy (non-hydrogen) atoms. The van der Waals surface area contributed by atoms with Gasteiger partial charge in [-0.15, -0.1) is 0 Å². The standard InChI is InChI=1S/C19H29NO3/c1-5-19(2,3)16-6-7-17(23-4)15(12-16)13-20-10-8-14(9-11-20)18(21)22/h6-7,12,14H,5,8-11,13H2,1-4H3,(H,21,22). The van der Waals surface area contributed by atoms with Crippen LogP contribution in [-0.2, 0) is 16.8 Å². The highest BCUT2D eigenvalue weighted by molar-refractivity contribution is 5.70. The predicted molar refractivity (Wildman–Crippen MR) is 91.9 cm³/mol. The molecule has 1 aliphatic rings. The Hall–Kier alpha value is -1.55. The monoisotopic (exact) mass is 319 g/mol. The van der Waals surface area contributed by atoms with Gasteiger partial charge in [-0.25, -0.2) is 0 Å². The number of piperidine rings is 1. The third kappa shape index (κ3) is 4.25. The van der Waals surface area contributed by atoms with Crippen molar-refractivity contribution in [3.63, 3.8) is 0 Å². The van der Waals surface area contributed by atoms with Crippen LogP contribution < -0.4 is 4.74 Å². The first kappa shape index (κ1) is 17.8. The molecule has 1 saturated heterocycles. The van der Waals surface area contributed by atoms with Crippen LogP contribution in [0.3, 0.4) is 0 Å². The minimum absolute atomic E-state index is 0.150. The molecule has 1 heterocycles. The zero-order valence-corrected chi connectivity index (χ0v) is 14.8. The summed E-state index contributed by atoms with van der Waals surface area (Å²) in [6.07, 6.45) is 2.55. The first-order valence-corrected chi connectivity index (χ1v) is 8.50. The fraction of sp³-hybridized carbons (Fsp3) is 0.632. The van der Waals surface area contributed by atoms with E-state index < -0.39 is 5.97 Å². The highest BCUT2D eigenvalue weighted by Crippen LogP contribution is 2.32. The number of hydrogen-bond donors (Lipinski definition) is 1. The third-order valence-electron chi connectivity index (χ3n) is 5.28. The molecule has 0 radical (unpaired) electrons. The van der Waals surface area contributed by atoms with Crippen molar-refractivity contribution in [3.05, 3.63) is 29.3 Å². The van der Waals surface area contributed by atoms with Gasteiger partial charge in [-0.1, -0.05) is 32.9 Å². The van der Waals surface area contributed by atoms with Crippen molar-refractivity contribution in [2.24, 2.45) is 5.92 Å². The molecule has 2 rings (SSSR count). The van der Waals surface area contributed by atoms with Crippen LogP contribution in [0.4, 0.5) is 0 Å². The van der Waals surface area contributed by atoms with Gasteiger partial charge in [0.1, 0.15) is 5.75 Å². The maximum absolute atomic E-state index is 11.1. The topological polar surface area (TPSA) is 49.8 Å². The average molecular weight is 319 g/mol. The van der Waals surface area contributed by atoms with Crippen molar-refractivity contribution in [1.82, 2.24) is 4.90 Å². The summed E-state index contributed by atoms with van der Waals surface area (Å²) >= 11 is 0. The molecule has 0 amide bonds. The number of benzene rings is 1. The number of hydrogen-bond acceptors (Lipinski definition) is 3. The number of carboxylic acid groups (broad SMARTS) is 1. The van der Waals surface area contributed by atoms with Crippen LogP contribution in [0.25, 0.3) is 0 Å². The summed E-state index contributed by atoms with van der Waals surface area (Å²) in [5, 5.41) is 9.11. The molecule has 0 unspecified atom stereocenters.